The van der Waals surface area contributed by atoms with Crippen molar-refractivity contribution in [1.29, 1.82) is 0 Å². The molecule has 0 saturated heterocycles. The highest BCUT2D eigenvalue weighted by molar-refractivity contribution is 7.92. The number of ether oxygens (including phenoxy) is 2. The van der Waals surface area contributed by atoms with Gasteiger partial charge in [-0.2, -0.15) is 0 Å². The zero-order valence-corrected chi connectivity index (χ0v) is 19.0. The van der Waals surface area contributed by atoms with Crippen LogP contribution in [0, 0.1) is 6.92 Å². The first-order chi connectivity index (χ1) is 15.3. The summed E-state index contributed by atoms with van der Waals surface area (Å²) in [5, 5.41) is 2.85. The molecule has 1 amide bonds. The van der Waals surface area contributed by atoms with Crippen LogP contribution in [0.4, 0.5) is 11.4 Å². The third-order valence-corrected chi connectivity index (χ3v) is 6.09. The quantitative estimate of drug-likeness (QED) is 0.482. The molecule has 168 valence electrons. The average Bonchev–Trinajstić information content (AvgIpc) is 2.79. The van der Waals surface area contributed by atoms with Crippen LogP contribution in [-0.4, -0.2) is 28.0 Å². The van der Waals surface area contributed by atoms with Crippen molar-refractivity contribution < 1.29 is 22.7 Å². The van der Waals surface area contributed by atoms with Gasteiger partial charge in [-0.15, -0.1) is 0 Å². The van der Waals surface area contributed by atoms with E-state index in [1.807, 2.05) is 19.9 Å². The second kappa shape index (κ2) is 10.2. The van der Waals surface area contributed by atoms with Crippen LogP contribution in [0.2, 0.25) is 0 Å². The van der Waals surface area contributed by atoms with Gasteiger partial charge in [0.05, 0.1) is 18.6 Å². The van der Waals surface area contributed by atoms with Gasteiger partial charge in [0, 0.05) is 16.9 Å². The number of hydrogen-bond donors (Lipinski definition) is 2. The van der Waals surface area contributed by atoms with Crippen LogP contribution >= 0.6 is 0 Å². The first kappa shape index (κ1) is 23.1. The minimum atomic E-state index is -3.79. The summed E-state index contributed by atoms with van der Waals surface area (Å²) in [6.45, 7) is 4.55. The Labute approximate surface area is 188 Å². The lowest BCUT2D eigenvalue weighted by Gasteiger charge is -2.12. The Morgan fingerprint density at radius 1 is 0.938 bits per heavy atom. The number of hydrogen-bond acceptors (Lipinski definition) is 5. The highest BCUT2D eigenvalue weighted by atomic mass is 32.2. The van der Waals surface area contributed by atoms with E-state index in [4.69, 9.17) is 9.47 Å². The Kier molecular flexibility index (Phi) is 7.37. The molecule has 7 nitrogen and oxygen atoms in total. The monoisotopic (exact) mass is 454 g/mol. The van der Waals surface area contributed by atoms with E-state index in [9.17, 15) is 13.2 Å². The van der Waals surface area contributed by atoms with Crippen LogP contribution in [0.15, 0.2) is 71.6 Å². The van der Waals surface area contributed by atoms with Gasteiger partial charge in [0.1, 0.15) is 11.5 Å². The number of anilines is 2. The van der Waals surface area contributed by atoms with Crippen molar-refractivity contribution in [2.24, 2.45) is 0 Å². The van der Waals surface area contributed by atoms with Gasteiger partial charge in [-0.3, -0.25) is 9.52 Å². The summed E-state index contributed by atoms with van der Waals surface area (Å²) in [5.41, 5.74) is 2.29. The van der Waals surface area contributed by atoms with Crippen LogP contribution in [0.1, 0.15) is 29.3 Å². The molecule has 3 rings (SSSR count). The van der Waals surface area contributed by atoms with Crippen molar-refractivity contribution in [3.05, 3.63) is 77.9 Å². The maximum absolute atomic E-state index is 12.6. The fraction of sp³-hybridized carbons (Fsp3) is 0.208. The van der Waals surface area contributed by atoms with Gasteiger partial charge in [-0.05, 0) is 85.6 Å². The van der Waals surface area contributed by atoms with Crippen LogP contribution in [0.5, 0.6) is 11.5 Å². The van der Waals surface area contributed by atoms with Crippen LogP contribution < -0.4 is 19.5 Å². The molecule has 0 aliphatic rings. The summed E-state index contributed by atoms with van der Waals surface area (Å²) in [7, 11) is -2.25. The van der Waals surface area contributed by atoms with Crippen molar-refractivity contribution >= 4 is 27.3 Å². The number of carbonyl (C=O) groups excluding carboxylic acids is 1. The molecule has 0 aromatic heterocycles. The van der Waals surface area contributed by atoms with Crippen molar-refractivity contribution in [3.63, 3.8) is 0 Å². The number of benzene rings is 3. The first-order valence-corrected chi connectivity index (χ1v) is 11.6. The van der Waals surface area contributed by atoms with Crippen molar-refractivity contribution in [2.45, 2.75) is 25.2 Å². The van der Waals surface area contributed by atoms with Gasteiger partial charge in [0.25, 0.3) is 15.9 Å². The van der Waals surface area contributed by atoms with Crippen molar-refractivity contribution in [3.8, 4) is 11.5 Å². The second-order valence-corrected chi connectivity index (χ2v) is 8.82. The largest absolute Gasteiger partial charge is 0.497 e. The third-order valence-electron chi connectivity index (χ3n) is 4.69. The van der Waals surface area contributed by atoms with Gasteiger partial charge in [0.2, 0.25) is 0 Å². The number of methoxy groups -OCH3 is 1. The number of aryl methyl sites for hydroxylation is 1. The molecule has 0 spiro atoms. The Hall–Kier alpha value is -3.52. The maximum atomic E-state index is 12.6. The SMILES string of the molecule is CCCOc1ccc(NC(=O)c2ccc(S(=O)(=O)Nc3ccc(OC)cc3)cc2)c(C)c1. The maximum Gasteiger partial charge on any atom is 0.261 e. The molecule has 2 N–H and O–H groups in total. The lowest BCUT2D eigenvalue weighted by Crippen LogP contribution is -2.15. The predicted molar refractivity (Wildman–Crippen MR) is 125 cm³/mol. The molecular formula is C24H26N2O5S. The minimum Gasteiger partial charge on any atom is -0.497 e. The van der Waals surface area contributed by atoms with E-state index in [2.05, 4.69) is 10.0 Å². The van der Waals surface area contributed by atoms with E-state index < -0.39 is 10.0 Å². The average molecular weight is 455 g/mol. The van der Waals surface area contributed by atoms with Gasteiger partial charge in [-0.1, -0.05) is 6.92 Å². The smallest absolute Gasteiger partial charge is 0.261 e. The molecule has 0 fully saturated rings. The number of amides is 1. The fourth-order valence-corrected chi connectivity index (χ4v) is 4.00. The highest BCUT2D eigenvalue weighted by Crippen LogP contribution is 2.23. The van der Waals surface area contributed by atoms with E-state index in [0.29, 0.717) is 29.3 Å². The van der Waals surface area contributed by atoms with E-state index in [-0.39, 0.29) is 10.8 Å². The molecule has 0 aliphatic heterocycles. The molecule has 8 heteroatoms. The topological polar surface area (TPSA) is 93.7 Å². The summed E-state index contributed by atoms with van der Waals surface area (Å²) >= 11 is 0. The predicted octanol–water partition coefficient (Wildman–Crippen LogP) is 4.85. The van der Waals surface area contributed by atoms with Gasteiger partial charge >= 0.3 is 0 Å². The highest BCUT2D eigenvalue weighted by Gasteiger charge is 2.16. The Bertz CT molecular complexity index is 1170. The molecule has 0 aliphatic carbocycles. The van der Waals surface area contributed by atoms with E-state index in [1.165, 1.54) is 31.4 Å². The van der Waals surface area contributed by atoms with Gasteiger partial charge < -0.3 is 14.8 Å². The third kappa shape index (κ3) is 5.79. The lowest BCUT2D eigenvalue weighted by atomic mass is 10.1. The van der Waals surface area contributed by atoms with E-state index in [1.54, 1.807) is 36.4 Å². The molecule has 3 aromatic carbocycles. The molecule has 3 aromatic rings. The molecule has 32 heavy (non-hydrogen) atoms. The minimum absolute atomic E-state index is 0.0541. The molecule has 0 heterocycles. The molecular weight excluding hydrogens is 428 g/mol. The summed E-state index contributed by atoms with van der Waals surface area (Å²) in [4.78, 5) is 12.7. The summed E-state index contributed by atoms with van der Waals surface area (Å²) in [6.07, 6.45) is 0.916. The van der Waals surface area contributed by atoms with Gasteiger partial charge in [-0.25, -0.2) is 8.42 Å². The van der Waals surface area contributed by atoms with Gasteiger partial charge in [0.15, 0.2) is 0 Å². The van der Waals surface area contributed by atoms with Crippen LogP contribution in [0.25, 0.3) is 0 Å². The summed E-state index contributed by atoms with van der Waals surface area (Å²) in [6, 6.07) is 17.8. The molecule has 0 saturated carbocycles. The molecule has 0 bridgehead atoms. The van der Waals surface area contributed by atoms with E-state index >= 15 is 0 Å². The normalized spacial score (nSPS) is 11.0. The Balaban J connectivity index is 1.68. The zero-order chi connectivity index (χ0) is 23.1. The number of rotatable bonds is 9. The summed E-state index contributed by atoms with van der Waals surface area (Å²) in [5.74, 6) is 1.05. The van der Waals surface area contributed by atoms with Crippen molar-refractivity contribution in [1.82, 2.24) is 0 Å². The lowest BCUT2D eigenvalue weighted by molar-refractivity contribution is 0.102. The first-order valence-electron chi connectivity index (χ1n) is 10.1. The van der Waals surface area contributed by atoms with Crippen LogP contribution in [-0.2, 0) is 10.0 Å². The molecule has 0 atom stereocenters. The fourth-order valence-electron chi connectivity index (χ4n) is 2.94. The Morgan fingerprint density at radius 2 is 1.59 bits per heavy atom. The Morgan fingerprint density at radius 3 is 2.19 bits per heavy atom. The number of nitrogens with one attached hydrogen (secondary N) is 2. The summed E-state index contributed by atoms with van der Waals surface area (Å²) < 4.78 is 38.4. The zero-order valence-electron chi connectivity index (χ0n) is 18.2. The molecule has 0 unspecified atom stereocenters. The van der Waals surface area contributed by atoms with Crippen molar-refractivity contribution in [2.75, 3.05) is 23.8 Å². The second-order valence-electron chi connectivity index (χ2n) is 7.14. The van der Waals surface area contributed by atoms with Crippen LogP contribution in [0.3, 0.4) is 0 Å². The number of sulfonamides is 1. The number of carbonyl (C=O) groups is 1. The standard InChI is InChI=1S/C24H26N2O5S/c1-4-15-31-21-11-14-23(17(2)16-21)25-24(27)18-5-12-22(13-6-18)32(28,29)26-19-7-9-20(30-3)10-8-19/h5-14,16,26H,4,15H2,1-3H3,(H,25,27). The molecule has 0 radical (unpaired) electrons. The van der Waals surface area contributed by atoms with E-state index in [0.717, 1.165) is 17.7 Å².